The Morgan fingerprint density at radius 1 is 1.07 bits per heavy atom. The van der Waals surface area contributed by atoms with E-state index >= 15 is 0 Å². The second kappa shape index (κ2) is 10.9. The van der Waals surface area contributed by atoms with Crippen molar-refractivity contribution in [1.29, 1.82) is 0 Å². The van der Waals surface area contributed by atoms with E-state index in [2.05, 4.69) is 0 Å². The molecular weight excluding hydrogens is 188 g/mol. The van der Waals surface area contributed by atoms with Crippen LogP contribution >= 0.6 is 0 Å². The summed E-state index contributed by atoms with van der Waals surface area (Å²) in [5.41, 5.74) is 0. The molecule has 5 nitrogen and oxygen atoms in total. The second-order valence-electron chi connectivity index (χ2n) is 2.84. The van der Waals surface area contributed by atoms with Gasteiger partial charge in [-0.25, -0.2) is 0 Å². The predicted molar refractivity (Wildman–Crippen MR) is 50.8 cm³/mol. The monoisotopic (exact) mass is 208 g/mol. The highest BCUT2D eigenvalue weighted by Crippen LogP contribution is 2.12. The molecule has 1 aliphatic heterocycles. The zero-order valence-corrected chi connectivity index (χ0v) is 8.39. The summed E-state index contributed by atoms with van der Waals surface area (Å²) in [6.07, 6.45) is 3.23. The van der Waals surface area contributed by atoms with Crippen molar-refractivity contribution in [3.63, 3.8) is 0 Å². The van der Waals surface area contributed by atoms with Crippen LogP contribution in [0.3, 0.4) is 0 Å². The third kappa shape index (κ3) is 8.40. The van der Waals surface area contributed by atoms with Gasteiger partial charge in [-0.2, -0.15) is 0 Å². The van der Waals surface area contributed by atoms with E-state index in [9.17, 15) is 0 Å². The molecule has 1 rings (SSSR count). The number of aliphatic hydroxyl groups is 3. The van der Waals surface area contributed by atoms with E-state index in [1.165, 1.54) is 6.42 Å². The van der Waals surface area contributed by atoms with Crippen molar-refractivity contribution < 1.29 is 24.8 Å². The largest absolute Gasteiger partial charge is 0.394 e. The topological polar surface area (TPSA) is 79.2 Å². The van der Waals surface area contributed by atoms with Crippen LogP contribution < -0.4 is 0 Å². The third-order valence-electron chi connectivity index (χ3n) is 1.63. The molecule has 0 aromatic heterocycles. The lowest BCUT2D eigenvalue weighted by atomic mass is 10.2. The minimum Gasteiger partial charge on any atom is -0.394 e. The minimum absolute atomic E-state index is 0.0547. The third-order valence-corrected chi connectivity index (χ3v) is 1.63. The zero-order chi connectivity index (χ0) is 10.6. The van der Waals surface area contributed by atoms with Gasteiger partial charge in [-0.1, -0.05) is 0 Å². The van der Waals surface area contributed by atoms with E-state index in [4.69, 9.17) is 24.8 Å². The molecule has 1 fully saturated rings. The average molecular weight is 208 g/mol. The number of rotatable bonds is 4. The molecule has 1 unspecified atom stereocenters. The first kappa shape index (κ1) is 13.8. The molecule has 0 bridgehead atoms. The van der Waals surface area contributed by atoms with E-state index in [1.807, 2.05) is 0 Å². The van der Waals surface area contributed by atoms with Crippen molar-refractivity contribution in [3.8, 4) is 0 Å². The molecule has 14 heavy (non-hydrogen) atoms. The first-order chi connectivity index (χ1) is 6.85. The zero-order valence-electron chi connectivity index (χ0n) is 8.39. The summed E-state index contributed by atoms with van der Waals surface area (Å²) in [6.45, 7) is 1.03. The van der Waals surface area contributed by atoms with Crippen LogP contribution in [-0.4, -0.2) is 54.6 Å². The van der Waals surface area contributed by atoms with Gasteiger partial charge < -0.3 is 24.8 Å². The van der Waals surface area contributed by atoms with Crippen molar-refractivity contribution in [2.75, 3.05) is 33.0 Å². The average Bonchev–Trinajstić information content (AvgIpc) is 2.28. The summed E-state index contributed by atoms with van der Waals surface area (Å²) in [7, 11) is 0. The van der Waals surface area contributed by atoms with E-state index in [1.54, 1.807) is 0 Å². The Kier molecular flexibility index (Phi) is 10.7. The number of aliphatic hydroxyl groups excluding tert-OH is 3. The maximum Gasteiger partial charge on any atom is 0.157 e. The Morgan fingerprint density at radius 3 is 2.21 bits per heavy atom. The van der Waals surface area contributed by atoms with Crippen LogP contribution in [-0.2, 0) is 9.47 Å². The van der Waals surface area contributed by atoms with E-state index in [0.29, 0.717) is 6.61 Å². The molecule has 3 N–H and O–H groups in total. The quantitative estimate of drug-likeness (QED) is 0.580. The number of ether oxygens (including phenoxy) is 2. The van der Waals surface area contributed by atoms with Crippen LogP contribution in [0.4, 0.5) is 0 Å². The summed E-state index contributed by atoms with van der Waals surface area (Å²) in [6, 6.07) is 0. The predicted octanol–water partition coefficient (Wildman–Crippen LogP) is -0.507. The molecule has 5 heteroatoms. The highest BCUT2D eigenvalue weighted by molar-refractivity contribution is 4.53. The lowest BCUT2D eigenvalue weighted by Crippen LogP contribution is -2.23. The lowest BCUT2D eigenvalue weighted by molar-refractivity contribution is -0.166. The van der Waals surface area contributed by atoms with Crippen LogP contribution in [0.15, 0.2) is 0 Å². The molecular formula is C9H20O5. The fourth-order valence-electron chi connectivity index (χ4n) is 1.03. The molecule has 1 atom stereocenters. The molecule has 0 aromatic rings. The van der Waals surface area contributed by atoms with Crippen molar-refractivity contribution >= 4 is 0 Å². The van der Waals surface area contributed by atoms with Gasteiger partial charge in [0.25, 0.3) is 0 Å². The first-order valence-electron chi connectivity index (χ1n) is 4.91. The van der Waals surface area contributed by atoms with Gasteiger partial charge in [-0.05, 0) is 19.3 Å². The van der Waals surface area contributed by atoms with E-state index < -0.39 is 0 Å². The Hall–Kier alpha value is -0.200. The molecule has 1 aliphatic rings. The summed E-state index contributed by atoms with van der Waals surface area (Å²) in [4.78, 5) is 0. The molecule has 0 aliphatic carbocycles. The Balaban J connectivity index is 0.000000364. The highest BCUT2D eigenvalue weighted by Gasteiger charge is 2.12. The minimum atomic E-state index is -0.125. The van der Waals surface area contributed by atoms with Crippen LogP contribution in [0.2, 0.25) is 0 Å². The van der Waals surface area contributed by atoms with Gasteiger partial charge in [0, 0.05) is 6.61 Å². The van der Waals surface area contributed by atoms with Gasteiger partial charge in [0.1, 0.15) is 0 Å². The molecule has 1 saturated heterocycles. The Bertz CT molecular complexity index is 101. The van der Waals surface area contributed by atoms with Gasteiger partial charge in [-0.15, -0.1) is 0 Å². The van der Waals surface area contributed by atoms with Crippen LogP contribution in [0.25, 0.3) is 0 Å². The maximum atomic E-state index is 8.42. The van der Waals surface area contributed by atoms with Gasteiger partial charge in [-0.3, -0.25) is 0 Å². The van der Waals surface area contributed by atoms with Gasteiger partial charge in [0.05, 0.1) is 26.4 Å². The highest BCUT2D eigenvalue weighted by atomic mass is 16.7. The standard InChI is InChI=1S/C7H14O3.C2H6O2/c8-4-6-10-7-3-1-2-5-9-7;3-1-2-4/h7-8H,1-6H2;3-4H,1-2H2. The summed E-state index contributed by atoms with van der Waals surface area (Å²) < 4.78 is 10.4. The van der Waals surface area contributed by atoms with Crippen molar-refractivity contribution in [3.05, 3.63) is 0 Å². The number of hydrogen-bond acceptors (Lipinski definition) is 5. The molecule has 86 valence electrons. The summed E-state index contributed by atoms with van der Waals surface area (Å²) >= 11 is 0. The second-order valence-corrected chi connectivity index (χ2v) is 2.84. The maximum absolute atomic E-state index is 8.42. The molecule has 0 radical (unpaired) electrons. The van der Waals surface area contributed by atoms with E-state index in [-0.39, 0.29) is 26.1 Å². The summed E-state index contributed by atoms with van der Waals surface area (Å²) in [5, 5.41) is 23.7. The molecule has 0 saturated carbocycles. The van der Waals surface area contributed by atoms with Gasteiger partial charge >= 0.3 is 0 Å². The number of hydrogen-bond donors (Lipinski definition) is 3. The SMILES string of the molecule is OCCO.OCCOC1CCCCO1. The Morgan fingerprint density at radius 2 is 1.79 bits per heavy atom. The summed E-state index contributed by atoms with van der Waals surface area (Å²) in [5.74, 6) is 0. The molecule has 0 spiro atoms. The Labute approximate surface area is 84.3 Å². The van der Waals surface area contributed by atoms with Crippen LogP contribution in [0.5, 0.6) is 0 Å². The fourth-order valence-corrected chi connectivity index (χ4v) is 1.03. The van der Waals surface area contributed by atoms with Crippen LogP contribution in [0, 0.1) is 0 Å². The fraction of sp³-hybridized carbons (Fsp3) is 1.00. The van der Waals surface area contributed by atoms with Crippen molar-refractivity contribution in [2.24, 2.45) is 0 Å². The first-order valence-corrected chi connectivity index (χ1v) is 4.91. The van der Waals surface area contributed by atoms with Crippen molar-refractivity contribution in [2.45, 2.75) is 25.6 Å². The van der Waals surface area contributed by atoms with Crippen LogP contribution in [0.1, 0.15) is 19.3 Å². The van der Waals surface area contributed by atoms with Gasteiger partial charge in [0.15, 0.2) is 6.29 Å². The molecule has 0 amide bonds. The van der Waals surface area contributed by atoms with Gasteiger partial charge in [0.2, 0.25) is 0 Å². The molecule has 0 aromatic carbocycles. The smallest absolute Gasteiger partial charge is 0.157 e. The van der Waals surface area contributed by atoms with E-state index in [0.717, 1.165) is 19.4 Å². The normalized spacial score (nSPS) is 21.2. The molecule has 1 heterocycles. The van der Waals surface area contributed by atoms with Crippen molar-refractivity contribution in [1.82, 2.24) is 0 Å². The lowest BCUT2D eigenvalue weighted by Gasteiger charge is -2.21.